The summed E-state index contributed by atoms with van der Waals surface area (Å²) in [7, 11) is -3.79. The Morgan fingerprint density at radius 2 is 1.47 bits per heavy atom. The molecule has 0 N–H and O–H groups in total. The van der Waals surface area contributed by atoms with Crippen molar-refractivity contribution in [2.24, 2.45) is 0 Å². The van der Waals surface area contributed by atoms with E-state index in [1.165, 1.54) is 28.6 Å². The van der Waals surface area contributed by atoms with Gasteiger partial charge in [-0.1, -0.05) is 24.3 Å². The molecule has 3 aromatic carbocycles. The predicted molar refractivity (Wildman–Crippen MR) is 123 cm³/mol. The lowest BCUT2D eigenvalue weighted by molar-refractivity contribution is 0.0759. The van der Waals surface area contributed by atoms with Gasteiger partial charge in [0, 0.05) is 26.2 Å². The van der Waals surface area contributed by atoms with Gasteiger partial charge in [0.25, 0.3) is 5.91 Å². The first kappa shape index (κ1) is 23.8. The summed E-state index contributed by atoms with van der Waals surface area (Å²) in [6, 6.07) is 17.5. The Morgan fingerprint density at radius 3 is 2.18 bits per heavy atom. The molecule has 0 radical (unpaired) electrons. The second kappa shape index (κ2) is 10.3. The van der Waals surface area contributed by atoms with Gasteiger partial charge < -0.3 is 9.64 Å². The Bertz CT molecular complexity index is 1250. The average molecular weight is 487 g/mol. The number of hydrogen-bond donors (Lipinski definition) is 0. The Hall–Kier alpha value is -3.30. The molecule has 1 fully saturated rings. The number of carbonyl (C=O) groups excluding carboxylic acids is 1. The van der Waals surface area contributed by atoms with Crippen LogP contribution >= 0.6 is 0 Å². The molecule has 0 aliphatic carbocycles. The second-order valence-corrected chi connectivity index (χ2v) is 9.85. The van der Waals surface area contributed by atoms with Crippen LogP contribution in [0, 0.1) is 11.6 Å². The summed E-state index contributed by atoms with van der Waals surface area (Å²) in [5, 5.41) is 0. The van der Waals surface area contributed by atoms with E-state index in [9.17, 15) is 22.0 Å². The van der Waals surface area contributed by atoms with Gasteiger partial charge in [-0.05, 0) is 60.5 Å². The first-order valence-electron chi connectivity index (χ1n) is 10.9. The fraction of sp³-hybridized carbons (Fsp3) is 0.240. The molecule has 3 aromatic rings. The average Bonchev–Trinajstić information content (AvgIpc) is 3.11. The Kier molecular flexibility index (Phi) is 7.23. The molecule has 0 spiro atoms. The number of amides is 1. The van der Waals surface area contributed by atoms with Crippen LogP contribution in [-0.2, 0) is 16.6 Å². The van der Waals surface area contributed by atoms with Gasteiger partial charge in [-0.2, -0.15) is 4.31 Å². The van der Waals surface area contributed by atoms with Crippen LogP contribution in [0.1, 0.15) is 22.3 Å². The van der Waals surface area contributed by atoms with Crippen LogP contribution < -0.4 is 4.74 Å². The highest BCUT2D eigenvalue weighted by molar-refractivity contribution is 7.89. The van der Waals surface area contributed by atoms with Crippen molar-refractivity contribution in [3.05, 3.63) is 95.6 Å². The number of hydrogen-bond acceptors (Lipinski definition) is 4. The normalized spacial score (nSPS) is 15.1. The van der Waals surface area contributed by atoms with Crippen molar-refractivity contribution in [2.75, 3.05) is 26.2 Å². The fourth-order valence-corrected chi connectivity index (χ4v) is 5.24. The van der Waals surface area contributed by atoms with E-state index in [1.54, 1.807) is 41.3 Å². The molecule has 34 heavy (non-hydrogen) atoms. The minimum absolute atomic E-state index is 0.0215. The van der Waals surface area contributed by atoms with E-state index >= 15 is 0 Å². The molecular weight excluding hydrogens is 462 g/mol. The molecule has 178 valence electrons. The summed E-state index contributed by atoms with van der Waals surface area (Å²) in [5.41, 5.74) is 1.14. The molecule has 1 amide bonds. The van der Waals surface area contributed by atoms with Crippen LogP contribution in [0.3, 0.4) is 0 Å². The van der Waals surface area contributed by atoms with E-state index in [2.05, 4.69) is 0 Å². The smallest absolute Gasteiger partial charge is 0.257 e. The Balaban J connectivity index is 1.45. The predicted octanol–water partition coefficient (Wildman–Crippen LogP) is 4.08. The standard InChI is InChI=1S/C25H24F2N2O4S/c26-20-8-6-19(7-9-20)18-33-24-5-2-1-4-23(24)25(30)28-14-3-15-29(17-16-28)34(31,32)22-12-10-21(27)11-13-22/h1-2,4-13H,3,14-18H2. The maximum Gasteiger partial charge on any atom is 0.257 e. The minimum atomic E-state index is -3.79. The maximum absolute atomic E-state index is 13.3. The van der Waals surface area contributed by atoms with E-state index in [0.29, 0.717) is 24.3 Å². The summed E-state index contributed by atoms with van der Waals surface area (Å²) in [5.74, 6) is -0.699. The number of ether oxygens (including phenoxy) is 1. The number of carbonyl (C=O) groups is 1. The largest absolute Gasteiger partial charge is 0.488 e. The number of nitrogens with zero attached hydrogens (tertiary/aromatic N) is 2. The monoisotopic (exact) mass is 486 g/mol. The first-order chi connectivity index (χ1) is 16.3. The molecular formula is C25H24F2N2O4S. The van der Waals surface area contributed by atoms with Gasteiger partial charge in [0.1, 0.15) is 24.0 Å². The molecule has 6 nitrogen and oxygen atoms in total. The van der Waals surface area contributed by atoms with Crippen molar-refractivity contribution >= 4 is 15.9 Å². The fourth-order valence-electron chi connectivity index (χ4n) is 3.77. The Morgan fingerprint density at radius 1 is 0.824 bits per heavy atom. The van der Waals surface area contributed by atoms with Crippen LogP contribution in [0.5, 0.6) is 5.75 Å². The van der Waals surface area contributed by atoms with E-state index in [4.69, 9.17) is 4.74 Å². The van der Waals surface area contributed by atoms with Crippen molar-refractivity contribution in [1.29, 1.82) is 0 Å². The van der Waals surface area contributed by atoms with Gasteiger partial charge in [-0.15, -0.1) is 0 Å². The van der Waals surface area contributed by atoms with Crippen molar-refractivity contribution in [2.45, 2.75) is 17.9 Å². The molecule has 0 unspecified atom stereocenters. The first-order valence-corrected chi connectivity index (χ1v) is 12.3. The third kappa shape index (κ3) is 5.43. The summed E-state index contributed by atoms with van der Waals surface area (Å²) < 4.78 is 59.4. The van der Waals surface area contributed by atoms with Crippen molar-refractivity contribution in [3.63, 3.8) is 0 Å². The molecule has 0 aromatic heterocycles. The summed E-state index contributed by atoms with van der Waals surface area (Å²) in [4.78, 5) is 14.9. The molecule has 1 saturated heterocycles. The van der Waals surface area contributed by atoms with Crippen LogP contribution in [0.25, 0.3) is 0 Å². The van der Waals surface area contributed by atoms with Crippen LogP contribution in [0.15, 0.2) is 77.7 Å². The maximum atomic E-state index is 13.3. The van der Waals surface area contributed by atoms with Crippen LogP contribution in [0.2, 0.25) is 0 Å². The topological polar surface area (TPSA) is 66.9 Å². The van der Waals surface area contributed by atoms with Crippen molar-refractivity contribution in [3.8, 4) is 5.75 Å². The van der Waals surface area contributed by atoms with Crippen molar-refractivity contribution < 1.29 is 26.7 Å². The van der Waals surface area contributed by atoms with Gasteiger partial charge in [-0.25, -0.2) is 17.2 Å². The lowest BCUT2D eigenvalue weighted by atomic mass is 10.1. The third-order valence-corrected chi connectivity index (χ3v) is 7.53. The number of halogens is 2. The molecule has 1 heterocycles. The zero-order chi connectivity index (χ0) is 24.1. The molecule has 9 heteroatoms. The highest BCUT2D eigenvalue weighted by atomic mass is 32.2. The molecule has 0 atom stereocenters. The number of para-hydroxylation sites is 1. The number of benzene rings is 3. The second-order valence-electron chi connectivity index (χ2n) is 7.92. The highest BCUT2D eigenvalue weighted by Gasteiger charge is 2.29. The van der Waals surface area contributed by atoms with E-state index < -0.39 is 15.8 Å². The molecule has 0 saturated carbocycles. The molecule has 1 aliphatic heterocycles. The van der Waals surface area contributed by atoms with Gasteiger partial charge in [0.15, 0.2) is 0 Å². The van der Waals surface area contributed by atoms with Crippen molar-refractivity contribution in [1.82, 2.24) is 9.21 Å². The van der Waals surface area contributed by atoms with Crippen LogP contribution in [0.4, 0.5) is 8.78 Å². The molecule has 0 bridgehead atoms. The van der Waals surface area contributed by atoms with E-state index in [0.717, 1.165) is 17.7 Å². The lowest BCUT2D eigenvalue weighted by Crippen LogP contribution is -2.37. The van der Waals surface area contributed by atoms with Gasteiger partial charge in [0.05, 0.1) is 10.5 Å². The van der Waals surface area contributed by atoms with Crippen LogP contribution in [-0.4, -0.2) is 49.7 Å². The molecule has 1 aliphatic rings. The SMILES string of the molecule is O=C(c1ccccc1OCc1ccc(F)cc1)N1CCCN(S(=O)(=O)c2ccc(F)cc2)CC1. The summed E-state index contributed by atoms with van der Waals surface area (Å²) >= 11 is 0. The minimum Gasteiger partial charge on any atom is -0.488 e. The van der Waals surface area contributed by atoms with Gasteiger partial charge >= 0.3 is 0 Å². The summed E-state index contributed by atoms with van der Waals surface area (Å²) in [6.45, 7) is 1.16. The lowest BCUT2D eigenvalue weighted by Gasteiger charge is -2.23. The highest BCUT2D eigenvalue weighted by Crippen LogP contribution is 2.23. The van der Waals surface area contributed by atoms with E-state index in [-0.39, 0.29) is 42.9 Å². The van der Waals surface area contributed by atoms with Gasteiger partial charge in [0.2, 0.25) is 10.0 Å². The molecule has 4 rings (SSSR count). The third-order valence-electron chi connectivity index (χ3n) is 5.62. The quantitative estimate of drug-likeness (QED) is 0.527. The zero-order valence-electron chi connectivity index (χ0n) is 18.4. The zero-order valence-corrected chi connectivity index (χ0v) is 19.2. The Labute approximate surface area is 197 Å². The number of sulfonamides is 1. The van der Waals surface area contributed by atoms with E-state index in [1.807, 2.05) is 0 Å². The van der Waals surface area contributed by atoms with Gasteiger partial charge in [-0.3, -0.25) is 4.79 Å². The summed E-state index contributed by atoms with van der Waals surface area (Å²) in [6.07, 6.45) is 0.463. The number of rotatable bonds is 6.